The van der Waals surface area contributed by atoms with Gasteiger partial charge in [-0.25, -0.2) is 0 Å². The fourth-order valence-corrected chi connectivity index (χ4v) is 1.64. The first-order valence-corrected chi connectivity index (χ1v) is 5.12. The van der Waals surface area contributed by atoms with Gasteiger partial charge in [0.05, 0.1) is 5.92 Å². The van der Waals surface area contributed by atoms with Gasteiger partial charge in [0.2, 0.25) is 0 Å². The van der Waals surface area contributed by atoms with E-state index >= 15 is 0 Å². The van der Waals surface area contributed by atoms with E-state index in [0.717, 1.165) is 23.7 Å². The molecule has 2 aromatic rings. The number of rotatable bonds is 2. The first-order valence-electron chi connectivity index (χ1n) is 5.12. The van der Waals surface area contributed by atoms with Gasteiger partial charge in [-0.3, -0.25) is 4.79 Å². The van der Waals surface area contributed by atoms with Crippen LogP contribution in [0.3, 0.4) is 0 Å². The molecule has 1 heterocycles. The van der Waals surface area contributed by atoms with E-state index < -0.39 is 0 Å². The highest BCUT2D eigenvalue weighted by atomic mass is 16.5. The standard InChI is InChI=1S/C12H11NO2/c14-12(8-5-6-8)15-11-7-13-10-4-2-1-3-9(10)11/h1-4,7-8,13H,5-6H2. The summed E-state index contributed by atoms with van der Waals surface area (Å²) in [5.74, 6) is 0.681. The maximum Gasteiger partial charge on any atom is 0.314 e. The molecule has 1 fully saturated rings. The van der Waals surface area contributed by atoms with Gasteiger partial charge in [0, 0.05) is 17.1 Å². The number of benzene rings is 1. The van der Waals surface area contributed by atoms with Crippen molar-refractivity contribution in [3.63, 3.8) is 0 Å². The predicted octanol–water partition coefficient (Wildman–Crippen LogP) is 2.48. The second kappa shape index (κ2) is 3.12. The van der Waals surface area contributed by atoms with Gasteiger partial charge >= 0.3 is 5.97 Å². The van der Waals surface area contributed by atoms with Gasteiger partial charge in [-0.2, -0.15) is 0 Å². The Morgan fingerprint density at radius 1 is 1.33 bits per heavy atom. The number of carbonyl (C=O) groups is 1. The first kappa shape index (κ1) is 8.53. The summed E-state index contributed by atoms with van der Waals surface area (Å²) in [5.41, 5.74) is 0.996. The SMILES string of the molecule is O=C(Oc1c[nH]c2ccccc12)C1CC1. The largest absolute Gasteiger partial charge is 0.424 e. The fourth-order valence-electron chi connectivity index (χ4n) is 1.64. The molecule has 1 aromatic carbocycles. The lowest BCUT2D eigenvalue weighted by Crippen LogP contribution is -2.09. The van der Waals surface area contributed by atoms with Crippen LogP contribution in [-0.2, 0) is 4.79 Å². The van der Waals surface area contributed by atoms with E-state index in [0.29, 0.717) is 5.75 Å². The lowest BCUT2D eigenvalue weighted by atomic mass is 10.2. The van der Waals surface area contributed by atoms with Crippen LogP contribution in [0.4, 0.5) is 0 Å². The summed E-state index contributed by atoms with van der Waals surface area (Å²) in [4.78, 5) is 14.6. The number of aromatic nitrogens is 1. The molecular weight excluding hydrogens is 190 g/mol. The number of nitrogens with one attached hydrogen (secondary N) is 1. The van der Waals surface area contributed by atoms with Crippen molar-refractivity contribution in [1.29, 1.82) is 0 Å². The number of aromatic amines is 1. The zero-order chi connectivity index (χ0) is 10.3. The molecule has 0 bridgehead atoms. The zero-order valence-electron chi connectivity index (χ0n) is 8.19. The Labute approximate surface area is 87.1 Å². The van der Waals surface area contributed by atoms with Crippen molar-refractivity contribution >= 4 is 16.9 Å². The molecule has 0 spiro atoms. The quantitative estimate of drug-likeness (QED) is 0.758. The Bertz CT molecular complexity index is 511. The molecule has 0 unspecified atom stereocenters. The van der Waals surface area contributed by atoms with Crippen LogP contribution in [-0.4, -0.2) is 11.0 Å². The van der Waals surface area contributed by atoms with Crippen molar-refractivity contribution in [3.8, 4) is 5.75 Å². The second-order valence-corrected chi connectivity index (χ2v) is 3.89. The molecule has 1 saturated carbocycles. The van der Waals surface area contributed by atoms with Crippen LogP contribution in [0.2, 0.25) is 0 Å². The van der Waals surface area contributed by atoms with Crippen LogP contribution in [0.5, 0.6) is 5.75 Å². The van der Waals surface area contributed by atoms with Gasteiger partial charge in [0.1, 0.15) is 0 Å². The smallest absolute Gasteiger partial charge is 0.314 e. The van der Waals surface area contributed by atoms with E-state index in [9.17, 15) is 4.79 Å². The van der Waals surface area contributed by atoms with Crippen molar-refractivity contribution in [2.45, 2.75) is 12.8 Å². The van der Waals surface area contributed by atoms with Gasteiger partial charge < -0.3 is 9.72 Å². The number of ether oxygens (including phenoxy) is 1. The highest BCUT2D eigenvalue weighted by Crippen LogP contribution is 2.32. The summed E-state index contributed by atoms with van der Waals surface area (Å²) in [6.07, 6.45) is 3.69. The Kier molecular flexibility index (Phi) is 1.78. The molecule has 0 aliphatic heterocycles. The van der Waals surface area contributed by atoms with Crippen LogP contribution >= 0.6 is 0 Å². The summed E-state index contributed by atoms with van der Waals surface area (Å²) in [5, 5.41) is 0.964. The summed E-state index contributed by atoms with van der Waals surface area (Å²) in [6, 6.07) is 7.79. The third kappa shape index (κ3) is 1.50. The minimum Gasteiger partial charge on any atom is -0.424 e. The molecule has 1 N–H and O–H groups in total. The third-order valence-corrected chi connectivity index (χ3v) is 2.67. The van der Waals surface area contributed by atoms with E-state index in [2.05, 4.69) is 4.98 Å². The van der Waals surface area contributed by atoms with E-state index in [1.807, 2.05) is 24.3 Å². The van der Waals surface area contributed by atoms with Crippen LogP contribution in [0, 0.1) is 5.92 Å². The molecule has 1 aliphatic rings. The van der Waals surface area contributed by atoms with E-state index in [1.165, 1.54) is 0 Å². The monoisotopic (exact) mass is 201 g/mol. The fraction of sp³-hybridized carbons (Fsp3) is 0.250. The molecule has 1 aliphatic carbocycles. The topological polar surface area (TPSA) is 42.1 Å². The average molecular weight is 201 g/mol. The van der Waals surface area contributed by atoms with Gasteiger partial charge in [0.25, 0.3) is 0 Å². The highest BCUT2D eigenvalue weighted by molar-refractivity contribution is 5.89. The van der Waals surface area contributed by atoms with Gasteiger partial charge in [-0.15, -0.1) is 0 Å². The van der Waals surface area contributed by atoms with Crippen LogP contribution in [0.1, 0.15) is 12.8 Å². The predicted molar refractivity (Wildman–Crippen MR) is 56.7 cm³/mol. The number of carbonyl (C=O) groups excluding carboxylic acids is 1. The summed E-state index contributed by atoms with van der Waals surface area (Å²) in [7, 11) is 0. The van der Waals surface area contributed by atoms with E-state index in [1.54, 1.807) is 6.20 Å². The van der Waals surface area contributed by atoms with Crippen LogP contribution in [0.15, 0.2) is 30.5 Å². The van der Waals surface area contributed by atoms with Gasteiger partial charge in [-0.1, -0.05) is 12.1 Å². The Morgan fingerprint density at radius 3 is 2.93 bits per heavy atom. The van der Waals surface area contributed by atoms with Crippen molar-refractivity contribution in [3.05, 3.63) is 30.5 Å². The number of fused-ring (bicyclic) bond motifs is 1. The molecule has 3 heteroatoms. The second-order valence-electron chi connectivity index (χ2n) is 3.89. The van der Waals surface area contributed by atoms with E-state index in [4.69, 9.17) is 4.74 Å². The maximum absolute atomic E-state index is 11.5. The first-order chi connectivity index (χ1) is 7.34. The number of hydrogen-bond acceptors (Lipinski definition) is 2. The molecular formula is C12H11NO2. The Morgan fingerprint density at radius 2 is 2.13 bits per heavy atom. The van der Waals surface area contributed by atoms with Crippen LogP contribution in [0.25, 0.3) is 10.9 Å². The summed E-state index contributed by atoms with van der Waals surface area (Å²) >= 11 is 0. The molecule has 0 amide bonds. The maximum atomic E-state index is 11.5. The molecule has 1 aromatic heterocycles. The lowest BCUT2D eigenvalue weighted by molar-refractivity contribution is -0.135. The van der Waals surface area contributed by atoms with Crippen molar-refractivity contribution in [2.75, 3.05) is 0 Å². The van der Waals surface area contributed by atoms with Gasteiger partial charge in [-0.05, 0) is 25.0 Å². The lowest BCUT2D eigenvalue weighted by Gasteiger charge is -2.00. The van der Waals surface area contributed by atoms with Gasteiger partial charge in [0.15, 0.2) is 5.75 Å². The Hall–Kier alpha value is -1.77. The Balaban J connectivity index is 1.93. The molecule has 0 radical (unpaired) electrons. The highest BCUT2D eigenvalue weighted by Gasteiger charge is 2.32. The molecule has 76 valence electrons. The molecule has 3 nitrogen and oxygen atoms in total. The number of para-hydroxylation sites is 1. The molecule has 0 atom stereocenters. The van der Waals surface area contributed by atoms with E-state index in [-0.39, 0.29) is 11.9 Å². The number of esters is 1. The number of H-pyrrole nitrogens is 1. The summed E-state index contributed by atoms with van der Waals surface area (Å²) < 4.78 is 5.32. The average Bonchev–Trinajstić information content (AvgIpc) is 3.03. The van der Waals surface area contributed by atoms with Crippen LogP contribution < -0.4 is 4.74 Å². The molecule has 0 saturated heterocycles. The number of hydrogen-bond donors (Lipinski definition) is 1. The normalized spacial score (nSPS) is 15.5. The minimum absolute atomic E-state index is 0.0975. The van der Waals surface area contributed by atoms with Crippen molar-refractivity contribution < 1.29 is 9.53 Å². The van der Waals surface area contributed by atoms with Crippen molar-refractivity contribution in [2.24, 2.45) is 5.92 Å². The molecule has 3 rings (SSSR count). The minimum atomic E-state index is -0.0975. The van der Waals surface area contributed by atoms with Crippen molar-refractivity contribution in [1.82, 2.24) is 4.98 Å². The molecule has 15 heavy (non-hydrogen) atoms. The summed E-state index contributed by atoms with van der Waals surface area (Å²) in [6.45, 7) is 0. The third-order valence-electron chi connectivity index (χ3n) is 2.67. The zero-order valence-corrected chi connectivity index (χ0v) is 8.19.